The van der Waals surface area contributed by atoms with Crippen LogP contribution < -0.4 is 0 Å². The summed E-state index contributed by atoms with van der Waals surface area (Å²) >= 11 is 0. The number of carbonyl (C=O) groups is 2. The Morgan fingerprint density at radius 2 is 0.909 bits per heavy atom. The summed E-state index contributed by atoms with van der Waals surface area (Å²) in [6, 6.07) is 33.1. The molecule has 1 unspecified atom stereocenters. The monoisotopic (exact) mass is 426 g/mol. The molecule has 2 spiro atoms. The lowest BCUT2D eigenvalue weighted by molar-refractivity contribution is 0.0773. The summed E-state index contributed by atoms with van der Waals surface area (Å²) in [5.74, 6) is -1.12. The minimum absolute atomic E-state index is 0.264. The van der Waals surface area contributed by atoms with Crippen molar-refractivity contribution >= 4 is 11.6 Å². The van der Waals surface area contributed by atoms with E-state index in [4.69, 9.17) is 5.11 Å². The Hall–Kier alpha value is -4.18. The van der Waals surface area contributed by atoms with Gasteiger partial charge in [-0.1, -0.05) is 103 Å². The molecule has 4 aromatic carbocycles. The van der Waals surface area contributed by atoms with E-state index in [9.17, 15) is 9.59 Å². The third kappa shape index (κ3) is 2.02. The maximum Gasteiger partial charge on any atom is 0.216 e. The van der Waals surface area contributed by atoms with Crippen LogP contribution in [0.15, 0.2) is 113 Å². The molecule has 3 aliphatic rings. The van der Waals surface area contributed by atoms with Crippen molar-refractivity contribution in [1.82, 2.24) is 0 Å². The van der Waals surface area contributed by atoms with Crippen molar-refractivity contribution in [3.8, 4) is 11.1 Å². The Kier molecular flexibility index (Phi) is 3.46. The smallest absolute Gasteiger partial charge is 0.216 e. The molecule has 33 heavy (non-hydrogen) atoms. The molecule has 156 valence electrons. The lowest BCUT2D eigenvalue weighted by Gasteiger charge is -2.36. The molecule has 0 radical (unpaired) electrons. The Morgan fingerprint density at radius 3 is 1.45 bits per heavy atom. The molecule has 0 fully saturated rings. The van der Waals surface area contributed by atoms with E-state index in [1.54, 1.807) is 24.3 Å². The van der Waals surface area contributed by atoms with Crippen molar-refractivity contribution in [1.29, 1.82) is 0 Å². The lowest BCUT2D eigenvalue weighted by atomic mass is 9.64. The predicted octanol–water partition coefficient (Wildman–Crippen LogP) is 5.98. The molecule has 1 heterocycles. The van der Waals surface area contributed by atoms with E-state index in [0.717, 1.165) is 27.8 Å². The van der Waals surface area contributed by atoms with Crippen LogP contribution >= 0.6 is 0 Å². The van der Waals surface area contributed by atoms with Crippen LogP contribution in [0.1, 0.15) is 43.3 Å². The minimum atomic E-state index is -1.62. The second-order valence-corrected chi connectivity index (χ2v) is 8.87. The zero-order chi connectivity index (χ0) is 22.2. The summed E-state index contributed by atoms with van der Waals surface area (Å²) in [5.41, 5.74) is 3.27. The van der Waals surface area contributed by atoms with Gasteiger partial charge < -0.3 is 0 Å². The van der Waals surface area contributed by atoms with Gasteiger partial charge in [-0.2, -0.15) is 10.2 Å². The highest BCUT2D eigenvalue weighted by Gasteiger charge is 2.70. The van der Waals surface area contributed by atoms with E-state index < -0.39 is 17.0 Å². The van der Waals surface area contributed by atoms with Gasteiger partial charge in [0.15, 0.2) is 0 Å². The molecular weight excluding hydrogens is 408 g/mol. The average molecular weight is 426 g/mol. The van der Waals surface area contributed by atoms with Gasteiger partial charge in [0, 0.05) is 11.1 Å². The van der Waals surface area contributed by atoms with Crippen LogP contribution in [0.4, 0.5) is 0 Å². The molecule has 1 atom stereocenters. The van der Waals surface area contributed by atoms with Gasteiger partial charge >= 0.3 is 0 Å². The van der Waals surface area contributed by atoms with Gasteiger partial charge in [-0.3, -0.25) is 9.59 Å². The molecule has 0 aromatic heterocycles. The lowest BCUT2D eigenvalue weighted by Crippen LogP contribution is -2.48. The summed E-state index contributed by atoms with van der Waals surface area (Å²) < 4.78 is 0. The van der Waals surface area contributed by atoms with Crippen molar-refractivity contribution < 1.29 is 9.59 Å². The second kappa shape index (κ2) is 6.20. The third-order valence-corrected chi connectivity index (χ3v) is 7.41. The fraction of sp³-hybridized carbons (Fsp3) is 0.103. The third-order valence-electron chi connectivity index (χ3n) is 7.41. The van der Waals surface area contributed by atoms with Crippen LogP contribution in [0.3, 0.4) is 0 Å². The Morgan fingerprint density at radius 1 is 0.485 bits per heavy atom. The maximum absolute atomic E-state index is 14.0. The molecule has 0 saturated heterocycles. The predicted molar refractivity (Wildman–Crippen MR) is 125 cm³/mol. The molecule has 0 amide bonds. The van der Waals surface area contributed by atoms with Gasteiger partial charge in [0.05, 0.1) is 5.92 Å². The average Bonchev–Trinajstić information content (AvgIpc) is 3.46. The van der Waals surface area contributed by atoms with Crippen molar-refractivity contribution in [3.05, 3.63) is 131 Å². The van der Waals surface area contributed by atoms with Crippen LogP contribution in [0, 0.1) is 0 Å². The van der Waals surface area contributed by atoms with E-state index in [2.05, 4.69) is 29.4 Å². The first kappa shape index (κ1) is 18.4. The van der Waals surface area contributed by atoms with E-state index in [1.807, 2.05) is 54.6 Å². The van der Waals surface area contributed by atoms with Crippen molar-refractivity contribution in [2.75, 3.05) is 0 Å². The van der Waals surface area contributed by atoms with Crippen molar-refractivity contribution in [3.63, 3.8) is 0 Å². The molecule has 7 rings (SSSR count). The number of azo groups is 1. The number of hydrogen-bond donors (Lipinski definition) is 0. The highest BCUT2D eigenvalue weighted by Crippen LogP contribution is 2.65. The van der Waals surface area contributed by atoms with Gasteiger partial charge in [0.1, 0.15) is 5.54 Å². The molecule has 1 aliphatic heterocycles. The number of benzene rings is 4. The first-order valence-corrected chi connectivity index (χ1v) is 11.1. The molecule has 0 bridgehead atoms. The van der Waals surface area contributed by atoms with Crippen LogP contribution in [0.2, 0.25) is 0 Å². The first-order chi connectivity index (χ1) is 16.2. The zero-order valence-corrected chi connectivity index (χ0v) is 17.6. The normalized spacial score (nSPS) is 20.3. The molecule has 0 saturated carbocycles. The molecule has 4 nitrogen and oxygen atoms in total. The van der Waals surface area contributed by atoms with Crippen LogP contribution in [0.25, 0.3) is 11.1 Å². The summed E-state index contributed by atoms with van der Waals surface area (Å²) in [6.07, 6.45) is 0. The minimum Gasteiger partial charge on any atom is -0.291 e. The number of hydrogen-bond acceptors (Lipinski definition) is 4. The largest absolute Gasteiger partial charge is 0.291 e. The van der Waals surface area contributed by atoms with E-state index in [0.29, 0.717) is 11.1 Å². The second-order valence-electron chi connectivity index (χ2n) is 8.87. The Balaban J connectivity index is 1.59. The topological polar surface area (TPSA) is 58.9 Å². The van der Waals surface area contributed by atoms with E-state index in [-0.39, 0.29) is 11.6 Å². The molecule has 4 heteroatoms. The fourth-order valence-electron chi connectivity index (χ4n) is 6.11. The quantitative estimate of drug-likeness (QED) is 0.352. The number of nitrogens with zero attached hydrogens (tertiary/aromatic N) is 2. The first-order valence-electron chi connectivity index (χ1n) is 11.1. The number of rotatable bonds is 1. The Labute approximate surface area is 190 Å². The number of ketones is 2. The van der Waals surface area contributed by atoms with Gasteiger partial charge in [0.2, 0.25) is 17.1 Å². The summed E-state index contributed by atoms with van der Waals surface area (Å²) in [6.45, 7) is 0. The standard InChI is InChI=1S/C29H18N2O2/c32-26-21-14-4-5-15-22(21)27(33)29(26)25(18-10-2-1-3-11-18)28(30-31-29)23-16-8-6-12-19(23)20-13-7-9-17-24(20)28/h1-17,25H. The number of Topliss-reactive ketones (excluding diaryl/α,β-unsaturated/α-hetero) is 2. The number of carbonyl (C=O) groups excluding carboxylic acids is 2. The highest BCUT2D eigenvalue weighted by molar-refractivity contribution is 6.34. The highest BCUT2D eigenvalue weighted by atomic mass is 16.2. The maximum atomic E-state index is 14.0. The van der Waals surface area contributed by atoms with E-state index in [1.165, 1.54) is 0 Å². The summed E-state index contributed by atoms with van der Waals surface area (Å²) in [7, 11) is 0. The van der Waals surface area contributed by atoms with Crippen LogP contribution in [-0.4, -0.2) is 17.1 Å². The van der Waals surface area contributed by atoms with Gasteiger partial charge in [0.25, 0.3) is 0 Å². The molecule has 0 N–H and O–H groups in total. The van der Waals surface area contributed by atoms with E-state index >= 15 is 0 Å². The van der Waals surface area contributed by atoms with Gasteiger partial charge in [-0.05, 0) is 27.8 Å². The molecule has 4 aromatic rings. The molecule has 2 aliphatic carbocycles. The fourth-order valence-corrected chi connectivity index (χ4v) is 6.11. The van der Waals surface area contributed by atoms with Gasteiger partial charge in [-0.15, -0.1) is 0 Å². The zero-order valence-electron chi connectivity index (χ0n) is 17.6. The van der Waals surface area contributed by atoms with Crippen molar-refractivity contribution in [2.45, 2.75) is 17.0 Å². The van der Waals surface area contributed by atoms with Crippen LogP contribution in [0.5, 0.6) is 0 Å². The summed E-state index contributed by atoms with van der Waals surface area (Å²) in [5, 5.41) is 9.57. The van der Waals surface area contributed by atoms with Crippen molar-refractivity contribution in [2.24, 2.45) is 10.2 Å². The van der Waals surface area contributed by atoms with Crippen LogP contribution in [-0.2, 0) is 5.54 Å². The Bertz CT molecular complexity index is 1440. The molecular formula is C29H18N2O2. The SMILES string of the molecule is O=C1c2ccccc2C(=O)C12N=NC1(c3ccccc3-c3ccccc31)C2c1ccccc1. The van der Waals surface area contributed by atoms with Gasteiger partial charge in [-0.25, -0.2) is 0 Å². The summed E-state index contributed by atoms with van der Waals surface area (Å²) in [4.78, 5) is 28.0. The number of fused-ring (bicyclic) bond motifs is 6.